The van der Waals surface area contributed by atoms with Crippen molar-refractivity contribution in [3.05, 3.63) is 19.2 Å². The van der Waals surface area contributed by atoms with Crippen LogP contribution in [0.15, 0.2) is 14.3 Å². The third kappa shape index (κ3) is 3.73. The lowest BCUT2D eigenvalue weighted by Gasteiger charge is -2.42. The van der Waals surface area contributed by atoms with E-state index < -0.39 is 0 Å². The molecule has 1 aromatic rings. The number of hydrogen-bond donors (Lipinski definition) is 0. The normalized spacial score (nSPS) is 22.6. The lowest BCUT2D eigenvalue weighted by Crippen LogP contribution is -2.55. The molecule has 1 unspecified atom stereocenters. The minimum atomic E-state index is -0.362. The monoisotopic (exact) mass is 429 g/mol. The molecule has 19 heavy (non-hydrogen) atoms. The minimum absolute atomic E-state index is 0.0305. The fourth-order valence-corrected chi connectivity index (χ4v) is 4.30. The zero-order chi connectivity index (χ0) is 14.2. The maximum absolute atomic E-state index is 12.5. The predicted molar refractivity (Wildman–Crippen MR) is 85.3 cm³/mol. The third-order valence-electron chi connectivity index (χ3n) is 2.80. The molecule has 1 saturated heterocycles. The Morgan fingerprint density at radius 3 is 2.84 bits per heavy atom. The molecule has 1 atom stereocenters. The molecule has 2 rings (SSSR count). The van der Waals surface area contributed by atoms with Crippen LogP contribution >= 0.6 is 54.8 Å². The molecule has 0 spiro atoms. The van der Waals surface area contributed by atoms with Crippen molar-refractivity contribution in [1.29, 1.82) is 0 Å². The van der Waals surface area contributed by atoms with E-state index >= 15 is 0 Å². The third-order valence-corrected chi connectivity index (χ3v) is 6.39. The van der Waals surface area contributed by atoms with Crippen LogP contribution in [0.4, 0.5) is 0 Å². The number of amides is 1. The molecular weight excluding hydrogens is 417 g/mol. The summed E-state index contributed by atoms with van der Waals surface area (Å²) in [5.74, 6) is 0.424. The summed E-state index contributed by atoms with van der Waals surface area (Å²) in [6, 6.07) is 1.84. The quantitative estimate of drug-likeness (QED) is 0.659. The van der Waals surface area contributed by atoms with Crippen LogP contribution in [-0.2, 0) is 4.74 Å². The van der Waals surface area contributed by atoms with Crippen molar-refractivity contribution < 1.29 is 9.53 Å². The Morgan fingerprint density at radius 1 is 1.63 bits per heavy atom. The lowest BCUT2D eigenvalue weighted by molar-refractivity contribution is -0.117. The van der Waals surface area contributed by atoms with E-state index in [0.717, 1.165) is 8.26 Å². The summed E-state index contributed by atoms with van der Waals surface area (Å²) in [4.78, 5) is 15.0. The van der Waals surface area contributed by atoms with Crippen LogP contribution < -0.4 is 0 Å². The fourth-order valence-electron chi connectivity index (χ4n) is 2.14. The molecule has 1 fully saturated rings. The molecule has 1 amide bonds. The standard InChI is InChI=1S/C12H14Br2ClNO2S/c1-12(2)6-16(5-7(4-15)18-12)11(17)9-3-8(13)10(14)19-9/h3,7H,4-6H2,1-2H3. The maximum atomic E-state index is 12.5. The van der Waals surface area contributed by atoms with Gasteiger partial charge in [-0.15, -0.1) is 22.9 Å². The summed E-state index contributed by atoms with van der Waals surface area (Å²) in [7, 11) is 0. The summed E-state index contributed by atoms with van der Waals surface area (Å²) in [6.45, 7) is 5.07. The van der Waals surface area contributed by atoms with Crippen LogP contribution in [0.1, 0.15) is 23.5 Å². The number of thiophene rings is 1. The number of nitrogens with zero attached hydrogens (tertiary/aromatic N) is 1. The van der Waals surface area contributed by atoms with Gasteiger partial charge in [0.2, 0.25) is 0 Å². The van der Waals surface area contributed by atoms with Gasteiger partial charge in [0.25, 0.3) is 5.91 Å². The average molecular weight is 432 g/mol. The molecular formula is C12H14Br2ClNO2S. The molecule has 0 saturated carbocycles. The Hall–Kier alpha value is 0.380. The van der Waals surface area contributed by atoms with Crippen LogP contribution in [-0.4, -0.2) is 41.5 Å². The second-order valence-corrected chi connectivity index (χ2v) is 8.60. The topological polar surface area (TPSA) is 29.5 Å². The molecule has 0 aliphatic carbocycles. The van der Waals surface area contributed by atoms with Crippen molar-refractivity contribution in [2.24, 2.45) is 0 Å². The number of carbonyl (C=O) groups is 1. The van der Waals surface area contributed by atoms with Crippen molar-refractivity contribution in [3.8, 4) is 0 Å². The zero-order valence-electron chi connectivity index (χ0n) is 10.6. The number of rotatable bonds is 2. The van der Waals surface area contributed by atoms with Crippen molar-refractivity contribution in [3.63, 3.8) is 0 Å². The van der Waals surface area contributed by atoms with Gasteiger partial charge in [0, 0.05) is 17.6 Å². The molecule has 1 aromatic heterocycles. The van der Waals surface area contributed by atoms with Gasteiger partial charge in [-0.2, -0.15) is 0 Å². The van der Waals surface area contributed by atoms with E-state index in [0.29, 0.717) is 23.8 Å². The van der Waals surface area contributed by atoms with Gasteiger partial charge in [-0.1, -0.05) is 0 Å². The van der Waals surface area contributed by atoms with Crippen molar-refractivity contribution in [2.45, 2.75) is 25.6 Å². The Labute approximate surface area is 138 Å². The Kier molecular flexibility index (Phi) is 4.99. The molecule has 1 aliphatic heterocycles. The van der Waals surface area contributed by atoms with Crippen LogP contribution in [0.3, 0.4) is 0 Å². The van der Waals surface area contributed by atoms with Crippen molar-refractivity contribution in [2.75, 3.05) is 19.0 Å². The highest BCUT2D eigenvalue weighted by Crippen LogP contribution is 2.34. The molecule has 0 radical (unpaired) electrons. The van der Waals surface area contributed by atoms with Gasteiger partial charge >= 0.3 is 0 Å². The first-order chi connectivity index (χ1) is 8.82. The van der Waals surface area contributed by atoms with E-state index in [1.807, 2.05) is 24.8 Å². The van der Waals surface area contributed by atoms with Crippen molar-refractivity contribution >= 4 is 60.7 Å². The second-order valence-electron chi connectivity index (χ2n) is 5.07. The SMILES string of the molecule is CC1(C)CN(C(=O)c2cc(Br)c(Br)s2)CC(CCl)O1. The molecule has 3 nitrogen and oxygen atoms in total. The Balaban J connectivity index is 2.18. The van der Waals surface area contributed by atoms with E-state index in [4.69, 9.17) is 16.3 Å². The van der Waals surface area contributed by atoms with Crippen LogP contribution in [0.2, 0.25) is 0 Å². The van der Waals surface area contributed by atoms with E-state index in [1.54, 1.807) is 0 Å². The number of alkyl halides is 1. The minimum Gasteiger partial charge on any atom is -0.367 e. The molecule has 1 aliphatic rings. The highest BCUT2D eigenvalue weighted by Gasteiger charge is 2.36. The molecule has 7 heteroatoms. The van der Waals surface area contributed by atoms with E-state index in [9.17, 15) is 4.79 Å². The first-order valence-electron chi connectivity index (χ1n) is 5.80. The van der Waals surface area contributed by atoms with Gasteiger partial charge in [0.05, 0.1) is 26.2 Å². The number of carbonyl (C=O) groups excluding carboxylic acids is 1. The largest absolute Gasteiger partial charge is 0.367 e. The van der Waals surface area contributed by atoms with Gasteiger partial charge in [-0.25, -0.2) is 0 Å². The highest BCUT2D eigenvalue weighted by molar-refractivity contribution is 9.13. The molecule has 106 valence electrons. The summed E-state index contributed by atoms with van der Waals surface area (Å²) < 4.78 is 7.66. The molecule has 0 aromatic carbocycles. The Bertz CT molecular complexity index is 473. The number of morpholine rings is 1. The smallest absolute Gasteiger partial charge is 0.264 e. The predicted octanol–water partition coefficient (Wildman–Crippen LogP) is 4.13. The molecule has 0 N–H and O–H groups in total. The van der Waals surface area contributed by atoms with Gasteiger partial charge in [0.15, 0.2) is 0 Å². The van der Waals surface area contributed by atoms with Gasteiger partial charge in [-0.05, 0) is 51.8 Å². The van der Waals surface area contributed by atoms with Crippen LogP contribution in [0, 0.1) is 0 Å². The van der Waals surface area contributed by atoms with Gasteiger partial charge in [-0.3, -0.25) is 4.79 Å². The van der Waals surface area contributed by atoms with E-state index in [-0.39, 0.29) is 17.6 Å². The second kappa shape index (κ2) is 6.02. The number of ether oxygens (including phenoxy) is 1. The van der Waals surface area contributed by atoms with Gasteiger partial charge in [0.1, 0.15) is 0 Å². The van der Waals surface area contributed by atoms with E-state index in [1.165, 1.54) is 11.3 Å². The average Bonchev–Trinajstić information content (AvgIpc) is 2.66. The van der Waals surface area contributed by atoms with E-state index in [2.05, 4.69) is 31.9 Å². The Morgan fingerprint density at radius 2 is 2.32 bits per heavy atom. The lowest BCUT2D eigenvalue weighted by atomic mass is 10.1. The summed E-state index contributed by atoms with van der Waals surface area (Å²) in [6.07, 6.45) is -0.110. The zero-order valence-corrected chi connectivity index (χ0v) is 15.3. The number of hydrogen-bond acceptors (Lipinski definition) is 3. The first kappa shape index (κ1) is 15.8. The fraction of sp³-hybridized carbons (Fsp3) is 0.583. The summed E-state index contributed by atoms with van der Waals surface area (Å²) >= 11 is 14.1. The van der Waals surface area contributed by atoms with Crippen molar-refractivity contribution in [1.82, 2.24) is 4.90 Å². The maximum Gasteiger partial charge on any atom is 0.264 e. The van der Waals surface area contributed by atoms with Crippen LogP contribution in [0.5, 0.6) is 0 Å². The number of halogens is 3. The van der Waals surface area contributed by atoms with Crippen LogP contribution in [0.25, 0.3) is 0 Å². The molecule has 2 heterocycles. The molecule has 0 bridgehead atoms. The summed E-state index contributed by atoms with van der Waals surface area (Å²) in [5.41, 5.74) is -0.362. The van der Waals surface area contributed by atoms with Gasteiger partial charge < -0.3 is 9.64 Å². The highest BCUT2D eigenvalue weighted by atomic mass is 79.9. The first-order valence-corrected chi connectivity index (χ1v) is 8.74. The summed E-state index contributed by atoms with van der Waals surface area (Å²) in [5, 5.41) is 0.